The molecule has 0 aliphatic carbocycles. The average Bonchev–Trinajstić information content (AvgIpc) is 3.36. The average molecular weight is 620 g/mol. The van der Waals surface area contributed by atoms with Gasteiger partial charge in [-0.2, -0.15) is 5.10 Å². The minimum Gasteiger partial charge on any atom is -0.507 e. The summed E-state index contributed by atoms with van der Waals surface area (Å²) in [5.41, 5.74) is -0.0330. The summed E-state index contributed by atoms with van der Waals surface area (Å²) >= 11 is 6.79. The second-order valence-electron chi connectivity index (χ2n) is 12.0. The summed E-state index contributed by atoms with van der Waals surface area (Å²) in [4.78, 5) is 50.4. The zero-order valence-corrected chi connectivity index (χ0v) is 25.7. The highest BCUT2D eigenvalue weighted by molar-refractivity contribution is 6.34. The highest BCUT2D eigenvalue weighted by Gasteiger charge is 2.44. The summed E-state index contributed by atoms with van der Waals surface area (Å²) in [6.07, 6.45) is 2.84. The fourth-order valence-corrected chi connectivity index (χ4v) is 6.32. The standard InChI is InChI=1S/C31H31ClFN7O4/c1-7-22(42)37-11-12-38-20(15-37)29(43)36(6)26-25(38)17-13-18(32)24(23-19(33)9-8-10-21(23)41)35-27(17)39(30(26)44)28-16(2)14-34-40(28)31(3,4)5/h7-10,13-14,20,41H,1,11-12,15H2,2-6H3/t20-/m1/s1. The number of phenols is 1. The van der Waals surface area contributed by atoms with Gasteiger partial charge in [0.25, 0.3) is 11.5 Å². The molecular formula is C31H31ClFN7O4. The van der Waals surface area contributed by atoms with Crippen LogP contribution < -0.4 is 15.4 Å². The van der Waals surface area contributed by atoms with Crippen molar-refractivity contribution < 1.29 is 19.1 Å². The van der Waals surface area contributed by atoms with Crippen molar-refractivity contribution in [2.75, 3.05) is 36.5 Å². The number of likely N-dealkylation sites (N-methyl/N-ethyl adjacent to an activating group) is 1. The number of aromatic hydroxyl groups is 1. The number of phenolic OH excluding ortho intramolecular Hbond substituents is 1. The summed E-state index contributed by atoms with van der Waals surface area (Å²) in [5, 5.41) is 15.6. The van der Waals surface area contributed by atoms with Crippen LogP contribution in [0, 0.1) is 12.7 Å². The fraction of sp³-hybridized carbons (Fsp3) is 0.323. The van der Waals surface area contributed by atoms with Crippen LogP contribution in [0.15, 0.2) is 47.9 Å². The highest BCUT2D eigenvalue weighted by atomic mass is 35.5. The second-order valence-corrected chi connectivity index (χ2v) is 12.4. The third-order valence-electron chi connectivity index (χ3n) is 8.15. The lowest BCUT2D eigenvalue weighted by atomic mass is 10.0. The third-order valence-corrected chi connectivity index (χ3v) is 8.44. The van der Waals surface area contributed by atoms with Crippen molar-refractivity contribution in [3.05, 3.63) is 69.9 Å². The first-order valence-electron chi connectivity index (χ1n) is 14.0. The normalized spacial score (nSPS) is 16.8. The van der Waals surface area contributed by atoms with E-state index < -0.39 is 23.0 Å². The van der Waals surface area contributed by atoms with Gasteiger partial charge in [0.2, 0.25) is 5.91 Å². The van der Waals surface area contributed by atoms with Crippen LogP contribution in [0.4, 0.5) is 15.8 Å². The van der Waals surface area contributed by atoms with Gasteiger partial charge in [-0.3, -0.25) is 14.4 Å². The topological polar surface area (TPSA) is 117 Å². The van der Waals surface area contributed by atoms with E-state index in [9.17, 15) is 19.5 Å². The Kier molecular flexibility index (Phi) is 6.80. The monoisotopic (exact) mass is 619 g/mol. The zero-order chi connectivity index (χ0) is 31.8. The number of hydrogen-bond donors (Lipinski definition) is 1. The Hall–Kier alpha value is -4.71. The number of carbonyl (C=O) groups is 2. The molecule has 1 aromatic carbocycles. The number of fused-ring (bicyclic) bond motifs is 5. The van der Waals surface area contributed by atoms with Gasteiger partial charge in [-0.05, 0) is 52.0 Å². The van der Waals surface area contributed by atoms with Crippen LogP contribution >= 0.6 is 11.6 Å². The van der Waals surface area contributed by atoms with Crippen molar-refractivity contribution in [1.29, 1.82) is 0 Å². The largest absolute Gasteiger partial charge is 0.507 e. The lowest BCUT2D eigenvalue weighted by Gasteiger charge is -2.47. The number of anilines is 2. The van der Waals surface area contributed by atoms with Gasteiger partial charge < -0.3 is 19.8 Å². The molecule has 44 heavy (non-hydrogen) atoms. The summed E-state index contributed by atoms with van der Waals surface area (Å²) in [6.45, 7) is 11.8. The highest BCUT2D eigenvalue weighted by Crippen LogP contribution is 2.44. The smallest absolute Gasteiger partial charge is 0.284 e. The fourth-order valence-electron chi connectivity index (χ4n) is 6.08. The molecule has 6 rings (SSSR count). The van der Waals surface area contributed by atoms with Crippen molar-refractivity contribution in [2.45, 2.75) is 39.3 Å². The maximum absolute atomic E-state index is 15.1. The van der Waals surface area contributed by atoms with Crippen molar-refractivity contribution in [3.63, 3.8) is 0 Å². The summed E-state index contributed by atoms with van der Waals surface area (Å²) < 4.78 is 18.2. The van der Waals surface area contributed by atoms with E-state index in [-0.39, 0.29) is 58.3 Å². The molecule has 0 unspecified atom stereocenters. The van der Waals surface area contributed by atoms with Gasteiger partial charge in [0.05, 0.1) is 40.2 Å². The number of nitrogens with zero attached hydrogens (tertiary/aromatic N) is 7. The summed E-state index contributed by atoms with van der Waals surface area (Å²) in [7, 11) is 1.53. The Morgan fingerprint density at radius 1 is 1.20 bits per heavy atom. The Labute approximate surface area is 257 Å². The van der Waals surface area contributed by atoms with Gasteiger partial charge in [0.1, 0.15) is 29.1 Å². The molecule has 0 bridgehead atoms. The molecule has 5 heterocycles. The second kappa shape index (κ2) is 10.2. The van der Waals surface area contributed by atoms with Gasteiger partial charge in [-0.1, -0.05) is 24.2 Å². The molecule has 2 amide bonds. The maximum atomic E-state index is 15.1. The summed E-state index contributed by atoms with van der Waals surface area (Å²) in [5.74, 6) is -1.34. The first kappa shape index (κ1) is 29.4. The Morgan fingerprint density at radius 3 is 2.59 bits per heavy atom. The molecule has 0 radical (unpaired) electrons. The predicted molar refractivity (Wildman–Crippen MR) is 166 cm³/mol. The first-order valence-corrected chi connectivity index (χ1v) is 14.4. The van der Waals surface area contributed by atoms with Gasteiger partial charge >= 0.3 is 0 Å². The minimum atomic E-state index is -0.778. The lowest BCUT2D eigenvalue weighted by molar-refractivity contribution is -0.128. The van der Waals surface area contributed by atoms with E-state index in [1.165, 1.54) is 40.8 Å². The van der Waals surface area contributed by atoms with E-state index in [1.54, 1.807) is 21.8 Å². The van der Waals surface area contributed by atoms with E-state index in [1.807, 2.05) is 32.6 Å². The molecule has 228 valence electrons. The third kappa shape index (κ3) is 4.27. The molecule has 3 aromatic heterocycles. The van der Waals surface area contributed by atoms with E-state index in [4.69, 9.17) is 16.6 Å². The van der Waals surface area contributed by atoms with Gasteiger partial charge in [-0.15, -0.1) is 0 Å². The van der Waals surface area contributed by atoms with E-state index in [0.29, 0.717) is 29.0 Å². The number of rotatable bonds is 3. The SMILES string of the molecule is C=CC(=O)N1CCN2c3c(c(=O)n(-c4c(C)cnn4C(C)(C)C)c4nc(-c5c(O)cccc5F)c(Cl)cc34)N(C)C(=O)[C@H]2C1. The van der Waals surface area contributed by atoms with E-state index in [0.717, 1.165) is 0 Å². The number of amides is 2. The zero-order valence-electron chi connectivity index (χ0n) is 24.9. The number of halogens is 2. The quantitative estimate of drug-likeness (QED) is 0.345. The number of aryl methyl sites for hydroxylation is 1. The van der Waals surface area contributed by atoms with Gasteiger partial charge in [0.15, 0.2) is 5.65 Å². The van der Waals surface area contributed by atoms with Crippen LogP contribution in [-0.4, -0.2) is 73.9 Å². The van der Waals surface area contributed by atoms with Crippen molar-refractivity contribution in [3.8, 4) is 22.8 Å². The minimum absolute atomic E-state index is 0.0305. The maximum Gasteiger partial charge on any atom is 0.284 e. The molecule has 2 aliphatic heterocycles. The molecule has 2 aliphatic rings. The molecule has 1 saturated heterocycles. The number of pyridine rings is 2. The van der Waals surface area contributed by atoms with E-state index in [2.05, 4.69) is 11.7 Å². The molecule has 1 atom stereocenters. The molecule has 11 nitrogen and oxygen atoms in total. The number of piperazine rings is 1. The lowest BCUT2D eigenvalue weighted by Crippen LogP contribution is -2.63. The van der Waals surface area contributed by atoms with Crippen LogP contribution in [0.5, 0.6) is 5.75 Å². The molecule has 0 saturated carbocycles. The molecular weight excluding hydrogens is 589 g/mol. The number of aromatic nitrogens is 4. The van der Waals surface area contributed by atoms with Crippen LogP contribution in [0.25, 0.3) is 28.1 Å². The van der Waals surface area contributed by atoms with Crippen molar-refractivity contribution in [2.24, 2.45) is 0 Å². The molecule has 1 fully saturated rings. The molecule has 1 N–H and O–H groups in total. The Balaban J connectivity index is 1.74. The first-order chi connectivity index (χ1) is 20.8. The molecule has 4 aromatic rings. The molecule has 13 heteroatoms. The summed E-state index contributed by atoms with van der Waals surface area (Å²) in [6, 6.07) is 4.68. The number of carbonyl (C=O) groups excluding carboxylic acids is 2. The van der Waals surface area contributed by atoms with Crippen LogP contribution in [0.2, 0.25) is 5.02 Å². The Bertz CT molecular complexity index is 1940. The number of hydrogen-bond acceptors (Lipinski definition) is 7. The predicted octanol–water partition coefficient (Wildman–Crippen LogP) is 3.99. The Morgan fingerprint density at radius 2 is 1.93 bits per heavy atom. The van der Waals surface area contributed by atoms with E-state index >= 15 is 4.39 Å². The van der Waals surface area contributed by atoms with Crippen LogP contribution in [-0.2, 0) is 15.1 Å². The van der Waals surface area contributed by atoms with Crippen molar-refractivity contribution >= 4 is 45.8 Å². The van der Waals surface area contributed by atoms with Gasteiger partial charge in [0, 0.05) is 31.1 Å². The van der Waals surface area contributed by atoms with Crippen LogP contribution in [0.3, 0.4) is 0 Å². The van der Waals surface area contributed by atoms with Gasteiger partial charge in [-0.25, -0.2) is 18.6 Å². The number of benzene rings is 1. The molecule has 0 spiro atoms. The van der Waals surface area contributed by atoms with Crippen molar-refractivity contribution in [1.82, 2.24) is 24.2 Å². The van der Waals surface area contributed by atoms with Crippen LogP contribution in [0.1, 0.15) is 26.3 Å².